The molecule has 0 fully saturated rings. The molecular weight excluding hydrogens is 584 g/mol. The van der Waals surface area contributed by atoms with E-state index in [-0.39, 0.29) is 5.75 Å². The molecule has 0 heterocycles. The van der Waals surface area contributed by atoms with Gasteiger partial charge in [0.15, 0.2) is 5.75 Å². The third kappa shape index (κ3) is 17.8. The highest BCUT2D eigenvalue weighted by atomic mass is 32.2. The van der Waals surface area contributed by atoms with Crippen LogP contribution in [0.5, 0.6) is 5.75 Å². The van der Waals surface area contributed by atoms with Crippen molar-refractivity contribution in [3.05, 3.63) is 109 Å². The number of hydrogen-bond donors (Lipinski definition) is 1. The zero-order chi connectivity index (χ0) is 34.5. The molecule has 0 aliphatic heterocycles. The summed E-state index contributed by atoms with van der Waals surface area (Å²) in [5.74, 6) is 0.137. The molecule has 8 nitrogen and oxygen atoms in total. The molecule has 5 aromatic carbocycles. The smallest absolute Gasteiger partial charge is 0.425 e. The third-order valence-electron chi connectivity index (χ3n) is 4.88. The molecule has 9 heteroatoms. The molecule has 0 atom stereocenters. The van der Waals surface area contributed by atoms with Crippen molar-refractivity contribution in [1.29, 1.82) is 0 Å². The van der Waals surface area contributed by atoms with Crippen LogP contribution in [-0.4, -0.2) is 24.8 Å². The number of fused-ring (bicyclic) bond motifs is 2. The lowest BCUT2D eigenvalue weighted by atomic mass is 10.1. The Balaban J connectivity index is 0. The van der Waals surface area contributed by atoms with Crippen LogP contribution in [0.25, 0.3) is 21.5 Å². The van der Waals surface area contributed by atoms with Crippen LogP contribution in [0.3, 0.4) is 0 Å². The van der Waals surface area contributed by atoms with Gasteiger partial charge in [-0.1, -0.05) is 141 Å². The summed E-state index contributed by atoms with van der Waals surface area (Å²) in [6.07, 6.45) is 1.25. The number of rotatable bonds is 3. The average Bonchev–Trinajstić information content (AvgIpc) is 3.09. The SMILES string of the molecule is CC.CC.CC.CCC.CN=Nc1ccc(N=Nc2ccc3ccccc3c2O)cc1.O=S(=O)=O.c1ccc2ccccc2c1. The molecule has 1 N–H and O–H groups in total. The first-order valence-electron chi connectivity index (χ1n) is 15.1. The van der Waals surface area contributed by atoms with Gasteiger partial charge in [0.05, 0.1) is 11.4 Å². The van der Waals surface area contributed by atoms with Gasteiger partial charge in [-0.25, -0.2) is 0 Å². The van der Waals surface area contributed by atoms with Crippen LogP contribution in [0.1, 0.15) is 61.8 Å². The molecule has 5 aromatic rings. The van der Waals surface area contributed by atoms with E-state index in [1.807, 2.05) is 84.0 Å². The van der Waals surface area contributed by atoms with Gasteiger partial charge in [0.2, 0.25) is 0 Å². The first-order chi connectivity index (χ1) is 21.9. The topological polar surface area (TPSA) is 121 Å². The second kappa shape index (κ2) is 28.0. The summed E-state index contributed by atoms with van der Waals surface area (Å²) in [5, 5.41) is 30.5. The average molecular weight is 633 g/mol. The van der Waals surface area contributed by atoms with Crippen LogP contribution in [0.2, 0.25) is 0 Å². The fourth-order valence-electron chi connectivity index (χ4n) is 3.27. The lowest BCUT2D eigenvalue weighted by molar-refractivity contribution is 0.482. The van der Waals surface area contributed by atoms with Gasteiger partial charge < -0.3 is 5.11 Å². The molecule has 0 saturated carbocycles. The van der Waals surface area contributed by atoms with Gasteiger partial charge in [-0.15, -0.1) is 17.7 Å². The summed E-state index contributed by atoms with van der Waals surface area (Å²) in [6, 6.07) is 35.2. The minimum atomic E-state index is -3.11. The van der Waals surface area contributed by atoms with Crippen molar-refractivity contribution >= 4 is 49.2 Å². The van der Waals surface area contributed by atoms with E-state index < -0.39 is 10.6 Å². The summed E-state index contributed by atoms with van der Waals surface area (Å²) in [7, 11) is -1.49. The van der Waals surface area contributed by atoms with E-state index in [1.165, 1.54) is 17.2 Å². The van der Waals surface area contributed by atoms with E-state index in [0.29, 0.717) is 11.4 Å². The van der Waals surface area contributed by atoms with Crippen molar-refractivity contribution in [3.8, 4) is 5.75 Å². The molecule has 5 rings (SSSR count). The van der Waals surface area contributed by atoms with E-state index in [1.54, 1.807) is 25.2 Å². The molecule has 0 amide bonds. The van der Waals surface area contributed by atoms with Crippen molar-refractivity contribution in [2.75, 3.05) is 7.05 Å². The normalized spacial score (nSPS) is 9.27. The molecule has 0 saturated heterocycles. The zero-order valence-electron chi connectivity index (χ0n) is 28.0. The van der Waals surface area contributed by atoms with Crippen LogP contribution in [0.15, 0.2) is 130 Å². The quantitative estimate of drug-likeness (QED) is 0.199. The van der Waals surface area contributed by atoms with E-state index in [4.69, 9.17) is 12.6 Å². The highest BCUT2D eigenvalue weighted by molar-refractivity contribution is 7.59. The molecule has 242 valence electrons. The van der Waals surface area contributed by atoms with Crippen molar-refractivity contribution < 1.29 is 17.7 Å². The monoisotopic (exact) mass is 632 g/mol. The highest BCUT2D eigenvalue weighted by Gasteiger charge is 2.05. The summed E-state index contributed by atoms with van der Waals surface area (Å²) >= 11 is 0. The van der Waals surface area contributed by atoms with Gasteiger partial charge in [-0.2, -0.15) is 15.3 Å². The van der Waals surface area contributed by atoms with E-state index in [0.717, 1.165) is 16.5 Å². The van der Waals surface area contributed by atoms with Crippen LogP contribution < -0.4 is 0 Å². The van der Waals surface area contributed by atoms with Gasteiger partial charge in [0, 0.05) is 12.4 Å². The van der Waals surface area contributed by atoms with Crippen LogP contribution >= 0.6 is 0 Å². The minimum absolute atomic E-state index is 0.137. The predicted octanol–water partition coefficient (Wildman–Crippen LogP) is 12.0. The van der Waals surface area contributed by atoms with Crippen LogP contribution in [-0.2, 0) is 10.6 Å². The first kappa shape index (κ1) is 42.4. The van der Waals surface area contributed by atoms with Crippen molar-refractivity contribution in [1.82, 2.24) is 0 Å². The van der Waals surface area contributed by atoms with Gasteiger partial charge >= 0.3 is 10.6 Å². The number of azo groups is 2. The Morgan fingerprint density at radius 1 is 0.533 bits per heavy atom. The number of nitrogens with zero attached hydrogens (tertiary/aromatic N) is 4. The standard InChI is InChI=1S/C17H14N4O.C10H8.C3H8.3C2H6.O3S/c1-18-19-13-7-9-14(10-8-13)20-21-16-11-6-12-4-2-3-5-15(12)17(16)22;1-2-6-10-8-4-3-7-9(10)5-1;1-3-2;3*1-2;1-4(2)3/h2-11,22H,1H3;1-8H;3H2,1-2H3;3*1-2H3;. The molecule has 0 bridgehead atoms. The molecule has 0 aromatic heterocycles. The van der Waals surface area contributed by atoms with Crippen molar-refractivity contribution in [2.45, 2.75) is 61.8 Å². The molecule has 0 unspecified atom stereocenters. The second-order valence-electron chi connectivity index (χ2n) is 7.93. The number of aromatic hydroxyl groups is 1. The number of hydrogen-bond acceptors (Lipinski definition) is 8. The second-order valence-corrected chi connectivity index (χ2v) is 8.34. The molecule has 0 aliphatic rings. The van der Waals surface area contributed by atoms with Gasteiger partial charge in [0.25, 0.3) is 0 Å². The summed E-state index contributed by atoms with van der Waals surface area (Å²) in [6.45, 7) is 16.2. The van der Waals surface area contributed by atoms with Crippen LogP contribution in [0, 0.1) is 0 Å². The number of phenols is 1. The maximum absolute atomic E-state index is 10.3. The van der Waals surface area contributed by atoms with Gasteiger partial charge in [0.1, 0.15) is 5.69 Å². The Bertz CT molecular complexity index is 1570. The van der Waals surface area contributed by atoms with Crippen molar-refractivity contribution in [3.63, 3.8) is 0 Å². The molecule has 45 heavy (non-hydrogen) atoms. The van der Waals surface area contributed by atoms with E-state index in [2.05, 4.69) is 82.8 Å². The summed E-state index contributed by atoms with van der Waals surface area (Å²) < 4.78 is 25.3. The Kier molecular flexibility index (Phi) is 26.4. The largest absolute Gasteiger partial charge is 0.505 e. The Hall–Kier alpha value is -4.76. The summed E-state index contributed by atoms with van der Waals surface area (Å²) in [5.41, 5.74) is 1.88. The maximum atomic E-state index is 10.3. The predicted molar refractivity (Wildman–Crippen MR) is 190 cm³/mol. The van der Waals surface area contributed by atoms with E-state index in [9.17, 15) is 5.11 Å². The molecule has 0 spiro atoms. The van der Waals surface area contributed by atoms with E-state index >= 15 is 0 Å². The molecular formula is C36H48N4O4S. The fourth-order valence-corrected chi connectivity index (χ4v) is 3.27. The Morgan fingerprint density at radius 3 is 1.29 bits per heavy atom. The minimum Gasteiger partial charge on any atom is -0.505 e. The summed E-state index contributed by atoms with van der Waals surface area (Å²) in [4.78, 5) is 0. The van der Waals surface area contributed by atoms with Crippen LogP contribution in [0.4, 0.5) is 17.1 Å². The lowest BCUT2D eigenvalue weighted by Gasteiger charge is -2.03. The first-order valence-corrected chi connectivity index (χ1v) is 16.1. The lowest BCUT2D eigenvalue weighted by Crippen LogP contribution is -1.74. The molecule has 0 radical (unpaired) electrons. The number of phenolic OH excluding ortho intramolecular Hbond substituents is 1. The number of benzene rings is 5. The van der Waals surface area contributed by atoms with Crippen molar-refractivity contribution in [2.24, 2.45) is 20.5 Å². The maximum Gasteiger partial charge on any atom is 0.425 e. The van der Waals surface area contributed by atoms with Gasteiger partial charge in [-0.3, -0.25) is 0 Å². The molecule has 0 aliphatic carbocycles. The Morgan fingerprint density at radius 2 is 0.889 bits per heavy atom. The van der Waals surface area contributed by atoms with Gasteiger partial charge in [-0.05, 0) is 46.5 Å². The third-order valence-corrected chi connectivity index (χ3v) is 4.88. The highest BCUT2D eigenvalue weighted by Crippen LogP contribution is 2.35. The fraction of sp³-hybridized carbons (Fsp3) is 0.278. The Labute approximate surface area is 270 Å². The zero-order valence-corrected chi connectivity index (χ0v) is 28.8.